The molecule has 2 aromatic carbocycles. The number of thiazole rings is 1. The lowest BCUT2D eigenvalue weighted by molar-refractivity contribution is 0.0929. The molecule has 2 heterocycles. The van der Waals surface area contributed by atoms with E-state index in [-0.39, 0.29) is 17.9 Å². The molecule has 8 heteroatoms. The number of ether oxygens (including phenoxy) is 1. The van der Waals surface area contributed by atoms with Crippen LogP contribution >= 0.6 is 11.3 Å². The minimum absolute atomic E-state index is 0.121. The number of rotatable bonds is 8. The Bertz CT molecular complexity index is 1140. The fourth-order valence-corrected chi connectivity index (χ4v) is 4.63. The Hall–Kier alpha value is -3.23. The summed E-state index contributed by atoms with van der Waals surface area (Å²) >= 11 is 1.37. The van der Waals surface area contributed by atoms with Gasteiger partial charge in [0.25, 0.3) is 11.8 Å². The minimum atomic E-state index is -0.267. The second-order valence-electron chi connectivity index (χ2n) is 8.20. The second-order valence-corrected chi connectivity index (χ2v) is 9.06. The van der Waals surface area contributed by atoms with E-state index in [1.165, 1.54) is 16.9 Å². The zero-order valence-electron chi connectivity index (χ0n) is 19.5. The van der Waals surface area contributed by atoms with Gasteiger partial charge in [-0.2, -0.15) is 0 Å². The third-order valence-electron chi connectivity index (χ3n) is 5.79. The SMILES string of the molecule is CCOc1ccc(CC)cc1-c1csc(NC(=O)c2ccc(C(=O)NC3CCCNC3)cc2)n1. The zero-order chi connectivity index (χ0) is 23.9. The monoisotopic (exact) mass is 478 g/mol. The molecular weight excluding hydrogens is 448 g/mol. The molecular formula is C26H30N4O3S. The molecule has 1 unspecified atom stereocenters. The molecule has 2 amide bonds. The van der Waals surface area contributed by atoms with Gasteiger partial charge in [0.2, 0.25) is 0 Å². The zero-order valence-corrected chi connectivity index (χ0v) is 20.3. The summed E-state index contributed by atoms with van der Waals surface area (Å²) < 4.78 is 5.77. The highest BCUT2D eigenvalue weighted by molar-refractivity contribution is 7.14. The molecule has 3 aromatic rings. The molecule has 1 fully saturated rings. The molecule has 0 saturated carbocycles. The van der Waals surface area contributed by atoms with E-state index in [1.54, 1.807) is 24.3 Å². The first-order valence-electron chi connectivity index (χ1n) is 11.7. The molecule has 1 saturated heterocycles. The average Bonchev–Trinajstić information content (AvgIpc) is 3.33. The summed E-state index contributed by atoms with van der Waals surface area (Å²) in [5.41, 5.74) is 3.89. The normalized spacial score (nSPS) is 15.5. The smallest absolute Gasteiger partial charge is 0.257 e. The van der Waals surface area contributed by atoms with Gasteiger partial charge in [0.1, 0.15) is 5.75 Å². The number of piperidine rings is 1. The number of anilines is 1. The lowest BCUT2D eigenvalue weighted by atomic mass is 10.1. The van der Waals surface area contributed by atoms with Crippen molar-refractivity contribution in [3.05, 3.63) is 64.5 Å². The van der Waals surface area contributed by atoms with Crippen LogP contribution in [0.4, 0.5) is 5.13 Å². The first kappa shape index (κ1) is 23.9. The second kappa shape index (κ2) is 11.3. The van der Waals surface area contributed by atoms with Gasteiger partial charge in [-0.1, -0.05) is 13.0 Å². The van der Waals surface area contributed by atoms with Crippen molar-refractivity contribution in [3.63, 3.8) is 0 Å². The van der Waals surface area contributed by atoms with Crippen LogP contribution in [-0.2, 0) is 6.42 Å². The summed E-state index contributed by atoms with van der Waals surface area (Å²) in [4.78, 5) is 29.8. The Morgan fingerprint density at radius 1 is 1.12 bits per heavy atom. The lowest BCUT2D eigenvalue weighted by Crippen LogP contribution is -2.45. The van der Waals surface area contributed by atoms with Crippen LogP contribution in [-0.4, -0.2) is 42.5 Å². The van der Waals surface area contributed by atoms with Crippen molar-refractivity contribution in [2.24, 2.45) is 0 Å². The summed E-state index contributed by atoms with van der Waals surface area (Å²) in [6.45, 7) is 6.41. The Labute approximate surface area is 204 Å². The largest absolute Gasteiger partial charge is 0.493 e. The highest BCUT2D eigenvalue weighted by atomic mass is 32.1. The van der Waals surface area contributed by atoms with Crippen LogP contribution in [0.1, 0.15) is 53.0 Å². The van der Waals surface area contributed by atoms with Gasteiger partial charge in [-0.25, -0.2) is 4.98 Å². The van der Waals surface area contributed by atoms with Crippen LogP contribution in [0.25, 0.3) is 11.3 Å². The maximum Gasteiger partial charge on any atom is 0.257 e. The van der Waals surface area contributed by atoms with Crippen LogP contribution < -0.4 is 20.7 Å². The molecule has 34 heavy (non-hydrogen) atoms. The Morgan fingerprint density at radius 3 is 2.56 bits per heavy atom. The van der Waals surface area contributed by atoms with Gasteiger partial charge in [0.15, 0.2) is 5.13 Å². The number of benzene rings is 2. The van der Waals surface area contributed by atoms with Crippen LogP contribution in [0.5, 0.6) is 5.75 Å². The van der Waals surface area contributed by atoms with Crippen molar-refractivity contribution in [1.82, 2.24) is 15.6 Å². The quantitative estimate of drug-likeness (QED) is 0.443. The van der Waals surface area contributed by atoms with Gasteiger partial charge < -0.3 is 15.4 Å². The molecule has 0 spiro atoms. The van der Waals surface area contributed by atoms with Gasteiger partial charge in [0, 0.05) is 34.7 Å². The number of aryl methyl sites for hydroxylation is 1. The lowest BCUT2D eigenvalue weighted by Gasteiger charge is -2.23. The number of hydrogen-bond acceptors (Lipinski definition) is 6. The predicted octanol–water partition coefficient (Wildman–Crippen LogP) is 4.51. The molecule has 3 N–H and O–H groups in total. The molecule has 178 valence electrons. The number of amides is 2. The fourth-order valence-electron chi connectivity index (χ4n) is 3.92. The van der Waals surface area contributed by atoms with Crippen molar-refractivity contribution in [2.45, 2.75) is 39.2 Å². The minimum Gasteiger partial charge on any atom is -0.493 e. The van der Waals surface area contributed by atoms with Crippen LogP contribution in [0.3, 0.4) is 0 Å². The van der Waals surface area contributed by atoms with E-state index in [0.29, 0.717) is 22.9 Å². The van der Waals surface area contributed by atoms with Crippen LogP contribution in [0.2, 0.25) is 0 Å². The molecule has 0 bridgehead atoms. The third kappa shape index (κ3) is 5.81. The van der Waals surface area contributed by atoms with Crippen molar-refractivity contribution in [1.29, 1.82) is 0 Å². The van der Waals surface area contributed by atoms with E-state index in [9.17, 15) is 9.59 Å². The van der Waals surface area contributed by atoms with Gasteiger partial charge in [-0.15, -0.1) is 11.3 Å². The molecule has 0 aliphatic carbocycles. The molecule has 1 aliphatic rings. The third-order valence-corrected chi connectivity index (χ3v) is 6.55. The van der Waals surface area contributed by atoms with E-state index in [1.807, 2.05) is 18.4 Å². The summed E-state index contributed by atoms with van der Waals surface area (Å²) in [6, 6.07) is 12.9. The highest BCUT2D eigenvalue weighted by Crippen LogP contribution is 2.33. The average molecular weight is 479 g/mol. The number of carbonyl (C=O) groups is 2. The molecule has 1 aliphatic heterocycles. The Morgan fingerprint density at radius 2 is 1.88 bits per heavy atom. The number of hydrogen-bond donors (Lipinski definition) is 3. The molecule has 1 aromatic heterocycles. The summed E-state index contributed by atoms with van der Waals surface area (Å²) in [6.07, 6.45) is 2.95. The number of nitrogens with one attached hydrogen (secondary N) is 3. The molecule has 4 rings (SSSR count). The summed E-state index contributed by atoms with van der Waals surface area (Å²) in [5, 5.41) is 11.6. The predicted molar refractivity (Wildman–Crippen MR) is 136 cm³/mol. The fraction of sp³-hybridized carbons (Fsp3) is 0.346. The number of carbonyl (C=O) groups excluding carboxylic acids is 2. The molecule has 7 nitrogen and oxygen atoms in total. The van der Waals surface area contributed by atoms with Crippen LogP contribution in [0.15, 0.2) is 47.8 Å². The summed E-state index contributed by atoms with van der Waals surface area (Å²) in [5.74, 6) is 0.391. The Kier molecular flexibility index (Phi) is 7.92. The van der Waals surface area contributed by atoms with E-state index in [2.05, 4.69) is 40.0 Å². The Balaban J connectivity index is 1.41. The number of aromatic nitrogens is 1. The topological polar surface area (TPSA) is 92.3 Å². The van der Waals surface area contributed by atoms with Crippen molar-refractivity contribution < 1.29 is 14.3 Å². The number of nitrogens with zero attached hydrogens (tertiary/aromatic N) is 1. The van der Waals surface area contributed by atoms with Gasteiger partial charge in [-0.3, -0.25) is 14.9 Å². The van der Waals surface area contributed by atoms with E-state index >= 15 is 0 Å². The van der Waals surface area contributed by atoms with Gasteiger partial charge in [0.05, 0.1) is 12.3 Å². The summed E-state index contributed by atoms with van der Waals surface area (Å²) in [7, 11) is 0. The van der Waals surface area contributed by atoms with Crippen LogP contribution in [0, 0.1) is 0 Å². The highest BCUT2D eigenvalue weighted by Gasteiger charge is 2.17. The van der Waals surface area contributed by atoms with Gasteiger partial charge in [-0.05, 0) is 74.7 Å². The van der Waals surface area contributed by atoms with Crippen molar-refractivity contribution in [2.75, 3.05) is 25.0 Å². The standard InChI is InChI=1S/C26H30N4O3S/c1-3-17-7-12-23(33-4-2)21(14-17)22-16-34-26(29-22)30-25(32)19-10-8-18(9-11-19)24(31)28-20-6-5-13-27-15-20/h7-12,14,16,20,27H,3-6,13,15H2,1-2H3,(H,28,31)(H,29,30,32). The van der Waals surface area contributed by atoms with Gasteiger partial charge >= 0.3 is 0 Å². The first-order valence-corrected chi connectivity index (χ1v) is 12.6. The first-order chi connectivity index (χ1) is 16.6. The maximum absolute atomic E-state index is 12.7. The van der Waals surface area contributed by atoms with E-state index < -0.39 is 0 Å². The van der Waals surface area contributed by atoms with E-state index in [4.69, 9.17) is 4.74 Å². The molecule has 0 radical (unpaired) electrons. The molecule has 1 atom stereocenters. The van der Waals surface area contributed by atoms with E-state index in [0.717, 1.165) is 49.4 Å². The van der Waals surface area contributed by atoms with Crippen molar-refractivity contribution >= 4 is 28.3 Å². The maximum atomic E-state index is 12.7. The van der Waals surface area contributed by atoms with Crippen molar-refractivity contribution in [3.8, 4) is 17.0 Å².